The third-order valence-electron chi connectivity index (χ3n) is 3.37. The van der Waals surface area contributed by atoms with Crippen molar-refractivity contribution in [1.82, 2.24) is 10.6 Å². The second kappa shape index (κ2) is 9.62. The normalized spacial score (nSPS) is 12.0. The van der Waals surface area contributed by atoms with Gasteiger partial charge in [0.1, 0.15) is 6.17 Å². The molecule has 1 amide bonds. The van der Waals surface area contributed by atoms with Crippen LogP contribution in [0, 0.1) is 0 Å². The largest absolute Gasteiger partial charge is 0.478 e. The smallest absolute Gasteiger partial charge is 0.337 e. The van der Waals surface area contributed by atoms with Gasteiger partial charge in [0, 0.05) is 10.6 Å². The van der Waals surface area contributed by atoms with Gasteiger partial charge in [0.2, 0.25) is 3.79 Å². The second-order valence-corrected chi connectivity index (χ2v) is 8.62. The van der Waals surface area contributed by atoms with Crippen LogP contribution in [-0.2, 0) is 0 Å². The number of carboxylic acid groups (broad SMARTS) is 1. The maximum absolute atomic E-state index is 12.4. The standard InChI is InChI=1S/C17H13Cl4N3O3S/c18-10-5-3-4-9(8-10)13(25)23-15(17(19,20)21)24-16(28)22-12-7-2-1-6-11(12)14(26)27/h1-8,15H,(H,23,25)(H,26,27)(H2,22,24,28)/t15-/m0/s1. The van der Waals surface area contributed by atoms with Crippen LogP contribution in [0.1, 0.15) is 20.7 Å². The van der Waals surface area contributed by atoms with E-state index < -0.39 is 21.8 Å². The van der Waals surface area contributed by atoms with Crippen molar-refractivity contribution >= 4 is 81.3 Å². The summed E-state index contributed by atoms with van der Waals surface area (Å²) in [4.78, 5) is 23.7. The van der Waals surface area contributed by atoms with E-state index >= 15 is 0 Å². The molecule has 0 spiro atoms. The van der Waals surface area contributed by atoms with E-state index in [9.17, 15) is 14.7 Å². The van der Waals surface area contributed by atoms with Crippen LogP contribution >= 0.6 is 58.6 Å². The molecule has 11 heteroatoms. The number of benzene rings is 2. The third-order valence-corrected chi connectivity index (χ3v) is 4.48. The van der Waals surface area contributed by atoms with Crippen LogP contribution in [0.15, 0.2) is 48.5 Å². The first kappa shape index (κ1) is 22.5. The lowest BCUT2D eigenvalue weighted by Crippen LogP contribution is -2.56. The first-order chi connectivity index (χ1) is 13.1. The quantitative estimate of drug-likeness (QED) is 0.287. The molecule has 28 heavy (non-hydrogen) atoms. The van der Waals surface area contributed by atoms with Crippen molar-refractivity contribution in [2.45, 2.75) is 9.96 Å². The fourth-order valence-corrected chi connectivity index (χ4v) is 2.86. The van der Waals surface area contributed by atoms with Crippen molar-refractivity contribution in [3.63, 3.8) is 0 Å². The summed E-state index contributed by atoms with van der Waals surface area (Å²) in [7, 11) is 0. The van der Waals surface area contributed by atoms with Crippen LogP contribution in [0.3, 0.4) is 0 Å². The Kier molecular flexibility index (Phi) is 7.74. The molecule has 0 bridgehead atoms. The van der Waals surface area contributed by atoms with Crippen molar-refractivity contribution in [1.29, 1.82) is 0 Å². The van der Waals surface area contributed by atoms with Gasteiger partial charge >= 0.3 is 5.97 Å². The minimum absolute atomic E-state index is 0.0000432. The molecule has 2 aromatic rings. The number of thiocarbonyl (C=S) groups is 1. The monoisotopic (exact) mass is 479 g/mol. The summed E-state index contributed by atoms with van der Waals surface area (Å²) in [5.41, 5.74) is 0.487. The Bertz CT molecular complexity index is 905. The molecule has 4 N–H and O–H groups in total. The lowest BCUT2D eigenvalue weighted by Gasteiger charge is -2.28. The molecule has 0 radical (unpaired) electrons. The number of aromatic carboxylic acids is 1. The molecule has 148 valence electrons. The average molecular weight is 481 g/mol. The number of carbonyl (C=O) groups excluding carboxylic acids is 1. The molecule has 2 rings (SSSR count). The summed E-state index contributed by atoms with van der Waals surface area (Å²) in [6.45, 7) is 0. The first-order valence-electron chi connectivity index (χ1n) is 7.61. The molecule has 6 nitrogen and oxygen atoms in total. The van der Waals surface area contributed by atoms with E-state index in [-0.39, 0.29) is 21.9 Å². The van der Waals surface area contributed by atoms with Gasteiger partial charge in [-0.2, -0.15) is 0 Å². The van der Waals surface area contributed by atoms with Crippen molar-refractivity contribution in [2.75, 3.05) is 5.32 Å². The molecule has 0 fully saturated rings. The third kappa shape index (κ3) is 6.39. The Hall–Kier alpha value is -1.77. The Morgan fingerprint density at radius 2 is 1.71 bits per heavy atom. The molecule has 0 saturated heterocycles. The lowest BCUT2D eigenvalue weighted by atomic mass is 10.2. The van der Waals surface area contributed by atoms with Gasteiger partial charge in [-0.05, 0) is 42.5 Å². The highest BCUT2D eigenvalue weighted by Gasteiger charge is 2.35. The van der Waals surface area contributed by atoms with Crippen LogP contribution in [0.25, 0.3) is 0 Å². The van der Waals surface area contributed by atoms with Gasteiger partial charge in [-0.3, -0.25) is 4.79 Å². The number of halogens is 4. The summed E-state index contributed by atoms with van der Waals surface area (Å²) in [5, 5.41) is 17.4. The van der Waals surface area contributed by atoms with Crippen LogP contribution in [0.2, 0.25) is 5.02 Å². The van der Waals surface area contributed by atoms with Gasteiger partial charge in [-0.25, -0.2) is 4.79 Å². The van der Waals surface area contributed by atoms with Crippen LogP contribution in [-0.4, -0.2) is 32.1 Å². The Morgan fingerprint density at radius 1 is 1.04 bits per heavy atom. The van der Waals surface area contributed by atoms with Gasteiger partial charge in [-0.1, -0.05) is 64.6 Å². The summed E-state index contributed by atoms with van der Waals surface area (Å²) in [6, 6.07) is 12.3. The molecular formula is C17H13Cl4N3O3S. The summed E-state index contributed by atoms with van der Waals surface area (Å²) < 4.78 is -1.97. The molecule has 0 aliphatic carbocycles. The minimum Gasteiger partial charge on any atom is -0.478 e. The maximum Gasteiger partial charge on any atom is 0.337 e. The van der Waals surface area contributed by atoms with E-state index in [1.54, 1.807) is 24.3 Å². The van der Waals surface area contributed by atoms with E-state index in [2.05, 4.69) is 16.0 Å². The highest BCUT2D eigenvalue weighted by molar-refractivity contribution is 7.80. The average Bonchev–Trinajstić information content (AvgIpc) is 2.60. The fraction of sp³-hybridized carbons (Fsp3) is 0.118. The summed E-state index contributed by atoms with van der Waals surface area (Å²) >= 11 is 28.8. The molecule has 0 heterocycles. The number of carbonyl (C=O) groups is 2. The van der Waals surface area contributed by atoms with Crippen LogP contribution < -0.4 is 16.0 Å². The van der Waals surface area contributed by atoms with Crippen molar-refractivity contribution in [3.05, 3.63) is 64.7 Å². The van der Waals surface area contributed by atoms with E-state index in [0.29, 0.717) is 5.02 Å². The lowest BCUT2D eigenvalue weighted by molar-refractivity contribution is 0.0697. The number of anilines is 1. The number of para-hydroxylation sites is 1. The van der Waals surface area contributed by atoms with E-state index in [1.165, 1.54) is 24.3 Å². The van der Waals surface area contributed by atoms with E-state index in [0.717, 1.165) is 0 Å². The number of carboxylic acids is 1. The topological polar surface area (TPSA) is 90.5 Å². The van der Waals surface area contributed by atoms with Gasteiger partial charge in [-0.15, -0.1) is 0 Å². The second-order valence-electron chi connectivity index (χ2n) is 5.41. The zero-order valence-corrected chi connectivity index (χ0v) is 17.7. The summed E-state index contributed by atoms with van der Waals surface area (Å²) in [5.74, 6) is -1.70. The van der Waals surface area contributed by atoms with Crippen molar-refractivity contribution < 1.29 is 14.7 Å². The Balaban J connectivity index is 2.13. The van der Waals surface area contributed by atoms with Gasteiger partial charge in [0.15, 0.2) is 5.11 Å². The van der Waals surface area contributed by atoms with Gasteiger partial charge in [0.05, 0.1) is 11.3 Å². The highest BCUT2D eigenvalue weighted by Crippen LogP contribution is 2.29. The number of rotatable bonds is 5. The zero-order chi connectivity index (χ0) is 20.9. The molecule has 0 aliphatic rings. The summed E-state index contributed by atoms with van der Waals surface area (Å²) in [6.07, 6.45) is -1.22. The van der Waals surface area contributed by atoms with Crippen molar-refractivity contribution in [3.8, 4) is 0 Å². The van der Waals surface area contributed by atoms with E-state index in [1.807, 2.05) is 0 Å². The Labute approximate surface area is 186 Å². The van der Waals surface area contributed by atoms with Crippen LogP contribution in [0.4, 0.5) is 5.69 Å². The SMILES string of the molecule is O=C(N[C@@H](NC(=S)Nc1ccccc1C(=O)O)C(Cl)(Cl)Cl)c1cccc(Cl)c1. The predicted molar refractivity (Wildman–Crippen MR) is 116 cm³/mol. The Morgan fingerprint density at radius 3 is 2.32 bits per heavy atom. The van der Waals surface area contributed by atoms with Gasteiger partial charge in [0.25, 0.3) is 5.91 Å². The number of hydrogen-bond acceptors (Lipinski definition) is 3. The maximum atomic E-state index is 12.4. The fourth-order valence-electron chi connectivity index (χ4n) is 2.11. The zero-order valence-electron chi connectivity index (χ0n) is 13.9. The molecule has 0 aliphatic heterocycles. The molecule has 0 saturated carbocycles. The molecule has 0 unspecified atom stereocenters. The molecule has 1 atom stereocenters. The number of alkyl halides is 3. The predicted octanol–water partition coefficient (Wildman–Crippen LogP) is 4.45. The van der Waals surface area contributed by atoms with Crippen molar-refractivity contribution in [2.24, 2.45) is 0 Å². The van der Waals surface area contributed by atoms with Crippen LogP contribution in [0.5, 0.6) is 0 Å². The minimum atomic E-state index is -1.97. The molecule has 0 aromatic heterocycles. The molecular weight excluding hydrogens is 468 g/mol. The number of hydrogen-bond donors (Lipinski definition) is 4. The number of amides is 1. The first-order valence-corrected chi connectivity index (χ1v) is 9.53. The van der Waals surface area contributed by atoms with Gasteiger partial charge < -0.3 is 21.1 Å². The highest BCUT2D eigenvalue weighted by atomic mass is 35.6. The molecule has 2 aromatic carbocycles. The van der Waals surface area contributed by atoms with E-state index in [4.69, 9.17) is 58.6 Å². The number of nitrogens with one attached hydrogen (secondary N) is 3.